The van der Waals surface area contributed by atoms with E-state index >= 15 is 0 Å². The van der Waals surface area contributed by atoms with E-state index in [0.717, 1.165) is 154 Å². The molecule has 4 unspecified atom stereocenters. The molecular formula is C54H86BaO10. The van der Waals surface area contributed by atoms with Crippen molar-refractivity contribution in [2.75, 3.05) is 0 Å². The van der Waals surface area contributed by atoms with Crippen LogP contribution in [0.3, 0.4) is 0 Å². The van der Waals surface area contributed by atoms with Crippen LogP contribution in [0.15, 0.2) is 60.7 Å². The number of rotatable bonds is 40. The van der Waals surface area contributed by atoms with Crippen LogP contribution >= 0.6 is 0 Å². The zero-order valence-electron chi connectivity index (χ0n) is 41.1. The van der Waals surface area contributed by atoms with Gasteiger partial charge in [0.15, 0.2) is 0 Å². The number of carboxylic acids is 2. The van der Waals surface area contributed by atoms with Crippen molar-refractivity contribution >= 4 is 72.8 Å². The van der Waals surface area contributed by atoms with E-state index in [1.54, 1.807) is 0 Å². The van der Waals surface area contributed by atoms with Gasteiger partial charge in [0, 0.05) is 25.8 Å². The molecule has 2 aromatic rings. The molecule has 0 spiro atoms. The van der Waals surface area contributed by atoms with Crippen molar-refractivity contribution in [2.45, 2.75) is 245 Å². The molecule has 0 aliphatic rings. The number of hydrogen-bond donors (Lipinski definition) is 0. The van der Waals surface area contributed by atoms with Gasteiger partial charge < -0.3 is 38.7 Å². The van der Waals surface area contributed by atoms with Crippen LogP contribution in [-0.4, -0.2) is 97.2 Å². The van der Waals surface area contributed by atoms with Gasteiger partial charge in [-0.05, 0) is 101 Å². The van der Waals surface area contributed by atoms with E-state index in [4.69, 9.17) is 18.9 Å². The summed E-state index contributed by atoms with van der Waals surface area (Å²) >= 11 is 0. The van der Waals surface area contributed by atoms with Crippen molar-refractivity contribution in [2.24, 2.45) is 0 Å². The first-order valence-electron chi connectivity index (χ1n) is 25.1. The number of ether oxygens (including phenoxy) is 4. The molecule has 0 aromatic heterocycles. The van der Waals surface area contributed by atoms with E-state index in [2.05, 4.69) is 38.1 Å². The van der Waals surface area contributed by atoms with Gasteiger partial charge in [0.05, 0.1) is 25.4 Å². The predicted molar refractivity (Wildman–Crippen MR) is 258 cm³/mol. The molecule has 2 rings (SSSR count). The number of hydrogen-bond acceptors (Lipinski definition) is 10. The van der Waals surface area contributed by atoms with Crippen LogP contribution in [0.2, 0.25) is 0 Å². The summed E-state index contributed by atoms with van der Waals surface area (Å²) in [6, 6.07) is 20.4. The second-order valence-corrected chi connectivity index (χ2v) is 17.5. The summed E-state index contributed by atoms with van der Waals surface area (Å²) in [6.45, 7) is 8.53. The van der Waals surface area contributed by atoms with Gasteiger partial charge in [-0.25, -0.2) is 0 Å². The molecule has 0 amide bonds. The largest absolute Gasteiger partial charge is 2.00 e. The van der Waals surface area contributed by atoms with Gasteiger partial charge in [-0.15, -0.1) is 0 Å². The van der Waals surface area contributed by atoms with Crippen LogP contribution in [0.5, 0.6) is 0 Å². The Morgan fingerprint density at radius 2 is 0.708 bits per heavy atom. The van der Waals surface area contributed by atoms with Crippen LogP contribution in [0.1, 0.15) is 219 Å². The Hall–Kier alpha value is -2.19. The maximum atomic E-state index is 11.5. The first kappa shape index (κ1) is 62.8. The average Bonchev–Trinajstić information content (AvgIpc) is 3.27. The van der Waals surface area contributed by atoms with Crippen molar-refractivity contribution in [3.8, 4) is 0 Å². The smallest absolute Gasteiger partial charge is 0.550 e. The number of esters is 2. The van der Waals surface area contributed by atoms with Gasteiger partial charge in [0.1, 0.15) is 12.2 Å². The van der Waals surface area contributed by atoms with Crippen LogP contribution in [-0.2, 0) is 51.3 Å². The number of carboxylic acid groups (broad SMARTS) is 2. The summed E-state index contributed by atoms with van der Waals surface area (Å²) < 4.78 is 23.7. The molecule has 0 radical (unpaired) electrons. The second kappa shape index (κ2) is 44.3. The van der Waals surface area contributed by atoms with Crippen molar-refractivity contribution < 1.29 is 48.3 Å². The van der Waals surface area contributed by atoms with Crippen LogP contribution in [0.25, 0.3) is 0 Å². The topological polar surface area (TPSA) is 151 Å². The van der Waals surface area contributed by atoms with Crippen molar-refractivity contribution in [1.29, 1.82) is 0 Å². The zero-order valence-corrected chi connectivity index (χ0v) is 45.5. The molecule has 2 aromatic carbocycles. The number of aliphatic carboxylic acids is 2. The summed E-state index contributed by atoms with van der Waals surface area (Å²) in [4.78, 5) is 43.9. The molecule has 0 saturated heterocycles. The molecule has 0 bridgehead atoms. The molecule has 4 atom stereocenters. The monoisotopic (exact) mass is 1030 g/mol. The number of unbranched alkanes of at least 4 members (excludes halogenated alkanes) is 14. The quantitative estimate of drug-likeness (QED) is 0.0358. The molecular weight excluding hydrogens is 946 g/mol. The van der Waals surface area contributed by atoms with Gasteiger partial charge >= 0.3 is 60.8 Å². The van der Waals surface area contributed by atoms with E-state index in [9.17, 15) is 29.4 Å². The fourth-order valence-corrected chi connectivity index (χ4v) is 7.88. The Bertz CT molecular complexity index is 1320. The van der Waals surface area contributed by atoms with Gasteiger partial charge in [0.25, 0.3) is 0 Å². The van der Waals surface area contributed by atoms with E-state index < -0.39 is 11.9 Å². The summed E-state index contributed by atoms with van der Waals surface area (Å²) in [5.74, 6) is -2.31. The van der Waals surface area contributed by atoms with Crippen molar-refractivity contribution in [1.82, 2.24) is 0 Å². The Balaban J connectivity index is 0.00000124. The maximum Gasteiger partial charge on any atom is 2.00 e. The minimum atomic E-state index is -0.954. The molecule has 11 heteroatoms. The molecule has 0 fully saturated rings. The van der Waals surface area contributed by atoms with E-state index in [1.165, 1.54) is 25.0 Å². The third-order valence-corrected chi connectivity index (χ3v) is 11.5. The van der Waals surface area contributed by atoms with Gasteiger partial charge in [-0.2, -0.15) is 0 Å². The first-order chi connectivity index (χ1) is 31.0. The molecule has 0 heterocycles. The van der Waals surface area contributed by atoms with Crippen LogP contribution in [0.4, 0.5) is 0 Å². The standard InChI is InChI=1S/2C27H44O5.Ba/c2*1-3-4-10-18-26(32-23(2)28)21-20-25(31-22-24-15-11-9-12-16-24)17-13-7-5-6-8-14-19-27(29)30;/h2*9,11-12,15-16,25-26H,3-8,10,13-14,17-22H2,1-2H3,(H,29,30);/q;;+2/p-2. The molecule has 0 aliphatic heterocycles. The Kier molecular flexibility index (Phi) is 42.8. The maximum absolute atomic E-state index is 11.5. The second-order valence-electron chi connectivity index (χ2n) is 17.5. The summed E-state index contributed by atoms with van der Waals surface area (Å²) in [5, 5.41) is 20.9. The minimum absolute atomic E-state index is 0. The molecule has 364 valence electrons. The Morgan fingerprint density at radius 3 is 1.03 bits per heavy atom. The normalized spacial score (nSPS) is 12.7. The van der Waals surface area contributed by atoms with Crippen LogP contribution < -0.4 is 10.2 Å². The fraction of sp³-hybridized carbons (Fsp3) is 0.704. The number of carbonyl (C=O) groups excluding carboxylic acids is 4. The number of benzene rings is 2. The molecule has 0 aliphatic carbocycles. The fourth-order valence-electron chi connectivity index (χ4n) is 7.88. The van der Waals surface area contributed by atoms with Crippen molar-refractivity contribution in [3.05, 3.63) is 71.8 Å². The summed E-state index contributed by atoms with van der Waals surface area (Å²) in [6.07, 6.45) is 26.8. The average molecular weight is 1030 g/mol. The summed E-state index contributed by atoms with van der Waals surface area (Å²) in [5.41, 5.74) is 2.34. The van der Waals surface area contributed by atoms with Gasteiger partial charge in [-0.1, -0.05) is 164 Å². The molecule has 65 heavy (non-hydrogen) atoms. The SMILES string of the molecule is CCCCCC(CCC(CCCCCCCCC(=O)[O-])OCc1ccccc1)OC(C)=O.CCCCCC(CCC(CCCCCCCCC(=O)[O-])OCc1ccccc1)OC(C)=O.[Ba+2]. The molecule has 0 N–H and O–H groups in total. The minimum Gasteiger partial charge on any atom is -0.550 e. The zero-order chi connectivity index (χ0) is 46.9. The van der Waals surface area contributed by atoms with E-state index in [-0.39, 0.29) is 98.1 Å². The van der Waals surface area contributed by atoms with Gasteiger partial charge in [-0.3, -0.25) is 9.59 Å². The first-order valence-corrected chi connectivity index (χ1v) is 25.1. The van der Waals surface area contributed by atoms with E-state index in [0.29, 0.717) is 26.1 Å². The third-order valence-electron chi connectivity index (χ3n) is 11.5. The molecule has 10 nitrogen and oxygen atoms in total. The Morgan fingerprint density at radius 1 is 0.415 bits per heavy atom. The number of carbonyl (C=O) groups is 4. The van der Waals surface area contributed by atoms with E-state index in [1.807, 2.05) is 36.4 Å². The third kappa shape index (κ3) is 40.6. The van der Waals surface area contributed by atoms with Crippen LogP contribution in [0, 0.1) is 0 Å². The molecule has 0 saturated carbocycles. The Labute approximate surface area is 434 Å². The predicted octanol–water partition coefficient (Wildman–Crippen LogP) is 11.1. The van der Waals surface area contributed by atoms with Crippen molar-refractivity contribution in [3.63, 3.8) is 0 Å². The summed E-state index contributed by atoms with van der Waals surface area (Å²) in [7, 11) is 0. The van der Waals surface area contributed by atoms with Gasteiger partial charge in [0.2, 0.25) is 0 Å².